The molecule has 138 valence electrons. The fraction of sp³-hybridized carbons (Fsp3) is 0.368. The molecule has 27 heavy (non-hydrogen) atoms. The van der Waals surface area contributed by atoms with Gasteiger partial charge in [-0.3, -0.25) is 19.7 Å². The Labute approximate surface area is 157 Å². The first kappa shape index (κ1) is 17.3. The summed E-state index contributed by atoms with van der Waals surface area (Å²) >= 11 is 0. The van der Waals surface area contributed by atoms with Crippen LogP contribution in [0.2, 0.25) is 0 Å². The van der Waals surface area contributed by atoms with Crippen LogP contribution in [0.5, 0.6) is 0 Å². The summed E-state index contributed by atoms with van der Waals surface area (Å²) in [6.45, 7) is 3.16. The van der Waals surface area contributed by atoms with E-state index in [9.17, 15) is 4.79 Å². The van der Waals surface area contributed by atoms with Gasteiger partial charge in [-0.05, 0) is 19.8 Å². The predicted molar refractivity (Wildman–Crippen MR) is 98.9 cm³/mol. The molecule has 4 heterocycles. The molecule has 0 aromatic carbocycles. The van der Waals surface area contributed by atoms with E-state index in [0.717, 1.165) is 35.6 Å². The van der Waals surface area contributed by atoms with Gasteiger partial charge in [0.1, 0.15) is 11.4 Å². The van der Waals surface area contributed by atoms with Crippen molar-refractivity contribution in [2.45, 2.75) is 25.7 Å². The van der Waals surface area contributed by atoms with E-state index in [1.807, 2.05) is 23.4 Å². The van der Waals surface area contributed by atoms with Gasteiger partial charge in [-0.1, -0.05) is 0 Å². The van der Waals surface area contributed by atoms with E-state index in [-0.39, 0.29) is 11.8 Å². The van der Waals surface area contributed by atoms with Gasteiger partial charge >= 0.3 is 0 Å². The molecule has 0 bridgehead atoms. The average Bonchev–Trinajstić information content (AvgIpc) is 3.14. The van der Waals surface area contributed by atoms with Crippen LogP contribution in [-0.2, 0) is 7.05 Å². The first-order valence-electron chi connectivity index (χ1n) is 8.99. The summed E-state index contributed by atoms with van der Waals surface area (Å²) in [7, 11) is 1.94. The minimum atomic E-state index is -0.0850. The molecule has 1 aliphatic rings. The number of amides is 1. The number of likely N-dealkylation sites (tertiary alicyclic amines) is 1. The third kappa shape index (κ3) is 3.42. The third-order valence-electron chi connectivity index (χ3n) is 4.88. The van der Waals surface area contributed by atoms with Crippen LogP contribution in [0.15, 0.2) is 37.3 Å². The van der Waals surface area contributed by atoms with E-state index >= 15 is 0 Å². The first-order valence-corrected chi connectivity index (χ1v) is 8.99. The second-order valence-electron chi connectivity index (χ2n) is 6.81. The van der Waals surface area contributed by atoms with E-state index < -0.39 is 0 Å². The number of hydrogen-bond donors (Lipinski definition) is 0. The number of carbonyl (C=O) groups is 1. The Kier molecular flexibility index (Phi) is 4.62. The fourth-order valence-electron chi connectivity index (χ4n) is 3.48. The van der Waals surface area contributed by atoms with Gasteiger partial charge < -0.3 is 9.47 Å². The Hall–Kier alpha value is -3.16. The van der Waals surface area contributed by atoms with Gasteiger partial charge in [0.15, 0.2) is 0 Å². The van der Waals surface area contributed by atoms with Gasteiger partial charge in [-0.2, -0.15) is 0 Å². The van der Waals surface area contributed by atoms with Gasteiger partial charge in [0.05, 0.1) is 35.8 Å². The fourth-order valence-corrected chi connectivity index (χ4v) is 3.48. The lowest BCUT2D eigenvalue weighted by Crippen LogP contribution is -2.40. The van der Waals surface area contributed by atoms with Crippen LogP contribution in [0.3, 0.4) is 0 Å². The molecule has 1 atom stereocenters. The number of aromatic nitrogens is 6. The Balaban J connectivity index is 1.60. The lowest BCUT2D eigenvalue weighted by molar-refractivity contribution is 0.0699. The van der Waals surface area contributed by atoms with E-state index in [1.54, 1.807) is 37.3 Å². The van der Waals surface area contributed by atoms with Gasteiger partial charge in [0, 0.05) is 44.6 Å². The summed E-state index contributed by atoms with van der Waals surface area (Å²) in [5, 5.41) is 0. The molecule has 1 fully saturated rings. The maximum atomic E-state index is 12.8. The van der Waals surface area contributed by atoms with Crippen molar-refractivity contribution in [2.24, 2.45) is 7.05 Å². The molecule has 0 aliphatic carbocycles. The first-order chi connectivity index (χ1) is 13.1. The Morgan fingerprint density at radius 2 is 1.96 bits per heavy atom. The van der Waals surface area contributed by atoms with Gasteiger partial charge in [0.2, 0.25) is 0 Å². The molecule has 0 unspecified atom stereocenters. The average molecular weight is 363 g/mol. The largest absolute Gasteiger partial charge is 0.337 e. The SMILES string of the molecule is Cc1cnc(C(=O)N2CCC[C@@H](c3nccnc3-c3cncn3C)C2)cn1. The zero-order chi connectivity index (χ0) is 18.8. The maximum absolute atomic E-state index is 12.8. The number of hydrogen-bond acceptors (Lipinski definition) is 6. The van der Waals surface area contributed by atoms with Crippen molar-refractivity contribution >= 4 is 5.91 Å². The number of piperidine rings is 1. The lowest BCUT2D eigenvalue weighted by atomic mass is 9.92. The van der Waals surface area contributed by atoms with Crippen LogP contribution in [0.1, 0.15) is 40.6 Å². The van der Waals surface area contributed by atoms with Crippen molar-refractivity contribution in [3.8, 4) is 11.4 Å². The van der Waals surface area contributed by atoms with Crippen LogP contribution in [0.4, 0.5) is 0 Å². The molecule has 0 saturated carbocycles. The molecular weight excluding hydrogens is 342 g/mol. The molecule has 1 amide bonds. The number of imidazole rings is 1. The molecule has 3 aromatic rings. The third-order valence-corrected chi connectivity index (χ3v) is 4.88. The number of aryl methyl sites for hydroxylation is 2. The van der Waals surface area contributed by atoms with Crippen molar-refractivity contribution in [2.75, 3.05) is 13.1 Å². The van der Waals surface area contributed by atoms with Crippen molar-refractivity contribution < 1.29 is 4.79 Å². The zero-order valence-corrected chi connectivity index (χ0v) is 15.4. The molecule has 1 aliphatic heterocycles. The second kappa shape index (κ2) is 7.22. The van der Waals surface area contributed by atoms with Gasteiger partial charge in [-0.15, -0.1) is 0 Å². The quantitative estimate of drug-likeness (QED) is 0.707. The van der Waals surface area contributed by atoms with Crippen LogP contribution in [-0.4, -0.2) is 53.4 Å². The van der Waals surface area contributed by atoms with Crippen molar-refractivity contribution in [1.82, 2.24) is 34.4 Å². The minimum Gasteiger partial charge on any atom is -0.337 e. The lowest BCUT2D eigenvalue weighted by Gasteiger charge is -2.32. The molecule has 8 heteroatoms. The van der Waals surface area contributed by atoms with Crippen molar-refractivity contribution in [1.29, 1.82) is 0 Å². The molecule has 0 N–H and O–H groups in total. The summed E-state index contributed by atoms with van der Waals surface area (Å²) in [6, 6.07) is 0. The van der Waals surface area contributed by atoms with Crippen LogP contribution in [0.25, 0.3) is 11.4 Å². The molecule has 4 rings (SSSR count). The standard InChI is InChI=1S/C19H21N7O/c1-13-8-24-15(9-23-13)19(27)26-7-3-4-14(11-26)17-18(22-6-5-21-17)16-10-20-12-25(16)2/h5-6,8-10,12,14H,3-4,7,11H2,1-2H3/t14-/m1/s1. The Morgan fingerprint density at radius 1 is 1.11 bits per heavy atom. The van der Waals surface area contributed by atoms with Crippen LogP contribution >= 0.6 is 0 Å². The molecular formula is C19H21N7O. The van der Waals surface area contributed by atoms with E-state index in [0.29, 0.717) is 18.8 Å². The highest BCUT2D eigenvalue weighted by atomic mass is 16.2. The summed E-state index contributed by atoms with van der Waals surface area (Å²) in [6.07, 6.45) is 12.0. The van der Waals surface area contributed by atoms with Gasteiger partial charge in [-0.25, -0.2) is 9.97 Å². The molecule has 1 saturated heterocycles. The summed E-state index contributed by atoms with van der Waals surface area (Å²) < 4.78 is 1.93. The number of nitrogens with zero attached hydrogens (tertiary/aromatic N) is 7. The Morgan fingerprint density at radius 3 is 2.70 bits per heavy atom. The van der Waals surface area contributed by atoms with Crippen molar-refractivity contribution in [3.63, 3.8) is 0 Å². The zero-order valence-electron chi connectivity index (χ0n) is 15.4. The highest BCUT2D eigenvalue weighted by Gasteiger charge is 2.29. The summed E-state index contributed by atoms with van der Waals surface area (Å²) in [5.41, 5.74) is 3.84. The summed E-state index contributed by atoms with van der Waals surface area (Å²) in [4.78, 5) is 36.4. The highest BCUT2D eigenvalue weighted by Crippen LogP contribution is 2.31. The molecule has 0 spiro atoms. The normalized spacial score (nSPS) is 17.1. The van der Waals surface area contributed by atoms with Crippen LogP contribution < -0.4 is 0 Å². The van der Waals surface area contributed by atoms with E-state index in [2.05, 4.69) is 24.9 Å². The van der Waals surface area contributed by atoms with E-state index in [1.165, 1.54) is 0 Å². The topological polar surface area (TPSA) is 89.7 Å². The monoisotopic (exact) mass is 363 g/mol. The second-order valence-corrected chi connectivity index (χ2v) is 6.81. The molecule has 3 aromatic heterocycles. The van der Waals surface area contributed by atoms with Crippen LogP contribution in [0, 0.1) is 6.92 Å². The Bertz CT molecular complexity index is 951. The highest BCUT2D eigenvalue weighted by molar-refractivity contribution is 5.92. The minimum absolute atomic E-state index is 0.0850. The molecule has 0 radical (unpaired) electrons. The van der Waals surface area contributed by atoms with Crippen molar-refractivity contribution in [3.05, 3.63) is 54.4 Å². The number of rotatable bonds is 3. The smallest absolute Gasteiger partial charge is 0.274 e. The number of carbonyl (C=O) groups excluding carboxylic acids is 1. The molecule has 8 nitrogen and oxygen atoms in total. The van der Waals surface area contributed by atoms with E-state index in [4.69, 9.17) is 0 Å². The summed E-state index contributed by atoms with van der Waals surface area (Å²) in [5.74, 6) is 0.0397. The van der Waals surface area contributed by atoms with Gasteiger partial charge in [0.25, 0.3) is 5.91 Å². The maximum Gasteiger partial charge on any atom is 0.274 e. The predicted octanol–water partition coefficient (Wildman–Crippen LogP) is 2.00.